The van der Waals surface area contributed by atoms with Gasteiger partial charge in [-0.3, -0.25) is 0 Å². The second-order valence-corrected chi connectivity index (χ2v) is 11.1. The summed E-state index contributed by atoms with van der Waals surface area (Å²) in [4.78, 5) is 0.0630. The number of halogens is 2. The first-order valence-electron chi connectivity index (χ1n) is 10.5. The van der Waals surface area contributed by atoms with Crippen LogP contribution >= 0.6 is 0 Å². The maximum Gasteiger partial charge on any atom is 0.263 e. The van der Waals surface area contributed by atoms with Gasteiger partial charge in [-0.15, -0.1) is 0 Å². The lowest BCUT2D eigenvalue weighted by atomic mass is 9.84. The minimum Gasteiger partial charge on any atom is -0.343 e. The lowest BCUT2D eigenvalue weighted by molar-refractivity contribution is 0.151. The summed E-state index contributed by atoms with van der Waals surface area (Å²) < 4.78 is 53.7. The van der Waals surface area contributed by atoms with E-state index in [0.717, 1.165) is 31.2 Å². The van der Waals surface area contributed by atoms with Gasteiger partial charge in [0.15, 0.2) is 0 Å². The van der Waals surface area contributed by atoms with Gasteiger partial charge in [-0.25, -0.2) is 22.3 Å². The number of primary sulfonamides is 1. The number of benzene rings is 1. The zero-order valence-corrected chi connectivity index (χ0v) is 19.0. The summed E-state index contributed by atoms with van der Waals surface area (Å²) in [6.07, 6.45) is 3.13. The van der Waals surface area contributed by atoms with Crippen molar-refractivity contribution < 1.29 is 17.2 Å². The fourth-order valence-electron chi connectivity index (χ4n) is 4.37. The van der Waals surface area contributed by atoms with Crippen molar-refractivity contribution in [1.29, 1.82) is 0 Å². The lowest BCUT2D eigenvalue weighted by Crippen LogP contribution is -2.17. The standard InChI is InChI=1S/C23H32F2N2O2S/c1-15-21(30(26,28)29)13-20(27(15)14-16-8-6-5-7-9-16)17-10-18(22(24)25)12-19(11-17)23(2,3)4/h10-13,16,22H,5-9,14H2,1-4H3,(H2,26,28,29). The molecule has 7 heteroatoms. The summed E-state index contributed by atoms with van der Waals surface area (Å²) in [5, 5.41) is 5.47. The molecule has 0 radical (unpaired) electrons. The molecule has 166 valence electrons. The SMILES string of the molecule is Cc1c(S(N)(=O)=O)cc(-c2cc(C(F)F)cc(C(C)(C)C)c2)n1CC1CCCCC1. The normalized spacial score (nSPS) is 16.4. The van der Waals surface area contributed by atoms with Crippen LogP contribution in [0.4, 0.5) is 8.78 Å². The van der Waals surface area contributed by atoms with Gasteiger partial charge in [-0.05, 0) is 66.5 Å². The van der Waals surface area contributed by atoms with Gasteiger partial charge >= 0.3 is 0 Å². The van der Waals surface area contributed by atoms with Crippen LogP contribution in [-0.4, -0.2) is 13.0 Å². The number of alkyl halides is 2. The van der Waals surface area contributed by atoms with Crippen LogP contribution in [-0.2, 0) is 22.0 Å². The summed E-state index contributed by atoms with van der Waals surface area (Å²) in [5.41, 5.74) is 2.21. The molecule has 0 spiro atoms. The van der Waals surface area contributed by atoms with Crippen molar-refractivity contribution in [2.24, 2.45) is 11.1 Å². The molecule has 1 fully saturated rings. The molecule has 0 saturated heterocycles. The average Bonchev–Trinajstić information content (AvgIpc) is 2.98. The van der Waals surface area contributed by atoms with Crippen LogP contribution in [0.2, 0.25) is 0 Å². The molecule has 2 N–H and O–H groups in total. The van der Waals surface area contributed by atoms with Crippen LogP contribution in [0.25, 0.3) is 11.3 Å². The smallest absolute Gasteiger partial charge is 0.263 e. The number of sulfonamides is 1. The van der Waals surface area contributed by atoms with E-state index in [1.807, 2.05) is 31.4 Å². The van der Waals surface area contributed by atoms with Gasteiger partial charge in [0, 0.05) is 23.5 Å². The summed E-state index contributed by atoms with van der Waals surface area (Å²) in [5.74, 6) is 0.442. The Hall–Kier alpha value is -1.73. The van der Waals surface area contributed by atoms with E-state index in [1.165, 1.54) is 18.6 Å². The number of rotatable bonds is 5. The lowest BCUT2D eigenvalue weighted by Gasteiger charge is -2.25. The number of hydrogen-bond donors (Lipinski definition) is 1. The molecular weight excluding hydrogens is 406 g/mol. The van der Waals surface area contributed by atoms with Crippen molar-refractivity contribution >= 4 is 10.0 Å². The van der Waals surface area contributed by atoms with Crippen molar-refractivity contribution in [2.75, 3.05) is 0 Å². The van der Waals surface area contributed by atoms with Gasteiger partial charge in [0.05, 0.1) is 0 Å². The average molecular weight is 439 g/mol. The molecule has 2 aromatic rings. The molecular formula is C23H32F2N2O2S. The van der Waals surface area contributed by atoms with Crippen LogP contribution < -0.4 is 5.14 Å². The second-order valence-electron chi connectivity index (χ2n) is 9.53. The summed E-state index contributed by atoms with van der Waals surface area (Å²) in [6.45, 7) is 8.34. The van der Waals surface area contributed by atoms with E-state index >= 15 is 0 Å². The van der Waals surface area contributed by atoms with E-state index < -0.39 is 16.4 Å². The van der Waals surface area contributed by atoms with Crippen molar-refractivity contribution in [3.8, 4) is 11.3 Å². The van der Waals surface area contributed by atoms with Gasteiger partial charge in [-0.1, -0.05) is 40.0 Å². The monoisotopic (exact) mass is 438 g/mol. The van der Waals surface area contributed by atoms with Crippen molar-refractivity contribution in [3.63, 3.8) is 0 Å². The molecule has 0 bridgehead atoms. The fraction of sp³-hybridized carbons (Fsp3) is 0.565. The van der Waals surface area contributed by atoms with Crippen LogP contribution in [0.15, 0.2) is 29.2 Å². The van der Waals surface area contributed by atoms with Crippen LogP contribution in [0.5, 0.6) is 0 Å². The third-order valence-corrected chi connectivity index (χ3v) is 7.19. The minimum absolute atomic E-state index is 0.0577. The minimum atomic E-state index is -3.92. The largest absolute Gasteiger partial charge is 0.343 e. The molecule has 0 unspecified atom stereocenters. The zero-order valence-electron chi connectivity index (χ0n) is 18.2. The Morgan fingerprint density at radius 3 is 2.27 bits per heavy atom. The highest BCUT2D eigenvalue weighted by Gasteiger charge is 2.25. The Labute approximate surface area is 178 Å². The molecule has 30 heavy (non-hydrogen) atoms. The van der Waals surface area contributed by atoms with Gasteiger partial charge in [0.25, 0.3) is 6.43 Å². The highest BCUT2D eigenvalue weighted by Crippen LogP contribution is 2.36. The third-order valence-electron chi connectivity index (χ3n) is 6.16. The Kier molecular flexibility index (Phi) is 6.44. The molecule has 1 saturated carbocycles. The summed E-state index contributed by atoms with van der Waals surface area (Å²) in [6, 6.07) is 6.45. The quantitative estimate of drug-likeness (QED) is 0.629. The van der Waals surface area contributed by atoms with E-state index in [0.29, 0.717) is 29.4 Å². The van der Waals surface area contributed by atoms with Gasteiger partial charge < -0.3 is 4.57 Å². The molecule has 0 amide bonds. The van der Waals surface area contributed by atoms with E-state index in [2.05, 4.69) is 0 Å². The second kappa shape index (κ2) is 8.42. The maximum atomic E-state index is 13.7. The first kappa shape index (κ1) is 22.9. The molecule has 0 aliphatic heterocycles. The van der Waals surface area contributed by atoms with Gasteiger partial charge in [0.1, 0.15) is 4.90 Å². The van der Waals surface area contributed by atoms with E-state index in [-0.39, 0.29) is 15.9 Å². The molecule has 1 heterocycles. The zero-order chi connectivity index (χ0) is 22.3. The van der Waals surface area contributed by atoms with Crippen molar-refractivity contribution in [3.05, 3.63) is 41.1 Å². The van der Waals surface area contributed by atoms with E-state index in [1.54, 1.807) is 13.0 Å². The Bertz CT molecular complexity index is 1010. The molecule has 3 rings (SSSR count). The number of aromatic nitrogens is 1. The maximum absolute atomic E-state index is 13.7. The molecule has 0 atom stereocenters. The topological polar surface area (TPSA) is 65.1 Å². The predicted molar refractivity (Wildman–Crippen MR) is 116 cm³/mol. The summed E-state index contributed by atoms with van der Waals surface area (Å²) >= 11 is 0. The van der Waals surface area contributed by atoms with E-state index in [4.69, 9.17) is 5.14 Å². The molecule has 4 nitrogen and oxygen atoms in total. The first-order valence-corrected chi connectivity index (χ1v) is 12.1. The first-order chi connectivity index (χ1) is 13.9. The highest BCUT2D eigenvalue weighted by molar-refractivity contribution is 7.89. The fourth-order valence-corrected chi connectivity index (χ4v) is 5.17. The Morgan fingerprint density at radius 1 is 1.10 bits per heavy atom. The Morgan fingerprint density at radius 2 is 1.73 bits per heavy atom. The van der Waals surface area contributed by atoms with Crippen molar-refractivity contribution in [1.82, 2.24) is 4.57 Å². The number of nitrogens with two attached hydrogens (primary N) is 1. The van der Waals surface area contributed by atoms with Crippen molar-refractivity contribution in [2.45, 2.75) is 83.1 Å². The van der Waals surface area contributed by atoms with E-state index in [9.17, 15) is 17.2 Å². The number of hydrogen-bond acceptors (Lipinski definition) is 2. The van der Waals surface area contributed by atoms with Gasteiger partial charge in [0.2, 0.25) is 10.0 Å². The highest BCUT2D eigenvalue weighted by atomic mass is 32.2. The third kappa shape index (κ3) is 4.94. The Balaban J connectivity index is 2.20. The van der Waals surface area contributed by atoms with Crippen LogP contribution in [0.3, 0.4) is 0 Å². The predicted octanol–water partition coefficient (Wildman–Crippen LogP) is 5.93. The number of nitrogens with zero attached hydrogens (tertiary/aromatic N) is 1. The van der Waals surface area contributed by atoms with Crippen LogP contribution in [0.1, 0.15) is 76.1 Å². The summed E-state index contributed by atoms with van der Waals surface area (Å²) in [7, 11) is -3.92. The van der Waals surface area contributed by atoms with Crippen LogP contribution in [0, 0.1) is 12.8 Å². The molecule has 1 aliphatic rings. The molecule has 1 aliphatic carbocycles. The molecule has 1 aromatic carbocycles. The van der Waals surface area contributed by atoms with Gasteiger partial charge in [-0.2, -0.15) is 0 Å². The molecule has 1 aromatic heterocycles.